The number of benzene rings is 2. The Bertz CT molecular complexity index is 636. The van der Waals surface area contributed by atoms with Gasteiger partial charge in [-0.3, -0.25) is 0 Å². The molecule has 0 spiro atoms. The number of aromatic hydroxyl groups is 2. The maximum absolute atomic E-state index is 9.63. The number of phenolic OH excluding ortho intramolecular Hbond substituents is 2. The minimum Gasteiger partial charge on any atom is -0.508 e. The molecule has 0 unspecified atom stereocenters. The van der Waals surface area contributed by atoms with Gasteiger partial charge in [0.1, 0.15) is 17.6 Å². The normalized spacial score (nSPS) is 17.1. The predicted octanol–water partition coefficient (Wildman–Crippen LogP) is 3.17. The Labute approximate surface area is 117 Å². The summed E-state index contributed by atoms with van der Waals surface area (Å²) in [6.45, 7) is 0. The van der Waals surface area contributed by atoms with E-state index in [1.165, 1.54) is 7.11 Å². The molecule has 2 aromatic rings. The summed E-state index contributed by atoms with van der Waals surface area (Å²) in [6.07, 6.45) is 1.65. The highest BCUT2D eigenvalue weighted by Crippen LogP contribution is 2.38. The van der Waals surface area contributed by atoms with Gasteiger partial charge >= 0.3 is 0 Å². The highest BCUT2D eigenvalue weighted by Gasteiger charge is 2.22. The highest BCUT2D eigenvalue weighted by molar-refractivity contribution is 5.45. The zero-order valence-corrected chi connectivity index (χ0v) is 11.2. The summed E-state index contributed by atoms with van der Waals surface area (Å²) in [5.74, 6) is 1.47. The summed E-state index contributed by atoms with van der Waals surface area (Å²) in [4.78, 5) is 0. The first-order chi connectivity index (χ1) is 9.67. The van der Waals surface area contributed by atoms with E-state index in [1.54, 1.807) is 24.3 Å². The van der Waals surface area contributed by atoms with Gasteiger partial charge in [-0.15, -0.1) is 0 Å². The Morgan fingerprint density at radius 3 is 2.80 bits per heavy atom. The zero-order chi connectivity index (χ0) is 14.1. The van der Waals surface area contributed by atoms with Crippen LogP contribution in [0.15, 0.2) is 36.4 Å². The fraction of sp³-hybridized carbons (Fsp3) is 0.250. The van der Waals surface area contributed by atoms with Gasteiger partial charge in [0.25, 0.3) is 0 Å². The second-order valence-electron chi connectivity index (χ2n) is 4.87. The van der Waals surface area contributed by atoms with Gasteiger partial charge in [0.2, 0.25) is 0 Å². The van der Waals surface area contributed by atoms with Crippen molar-refractivity contribution >= 4 is 0 Å². The van der Waals surface area contributed by atoms with E-state index in [0.717, 1.165) is 24.0 Å². The molecule has 0 radical (unpaired) electrons. The zero-order valence-electron chi connectivity index (χ0n) is 11.2. The van der Waals surface area contributed by atoms with Crippen LogP contribution in [0.25, 0.3) is 0 Å². The first kappa shape index (κ1) is 12.7. The van der Waals surface area contributed by atoms with Crippen molar-refractivity contribution in [2.45, 2.75) is 18.9 Å². The van der Waals surface area contributed by atoms with Crippen LogP contribution < -0.4 is 9.47 Å². The number of methoxy groups -OCH3 is 1. The number of hydrogen-bond donors (Lipinski definition) is 2. The van der Waals surface area contributed by atoms with E-state index in [9.17, 15) is 10.2 Å². The number of phenols is 2. The molecule has 0 saturated heterocycles. The van der Waals surface area contributed by atoms with Crippen LogP contribution >= 0.6 is 0 Å². The Kier molecular flexibility index (Phi) is 3.14. The van der Waals surface area contributed by atoms with Gasteiger partial charge in [-0.1, -0.05) is 12.1 Å². The average molecular weight is 272 g/mol. The van der Waals surface area contributed by atoms with E-state index < -0.39 is 0 Å². The Morgan fingerprint density at radius 1 is 1.15 bits per heavy atom. The molecule has 1 aliphatic heterocycles. The van der Waals surface area contributed by atoms with Crippen molar-refractivity contribution in [3.05, 3.63) is 47.5 Å². The Balaban J connectivity index is 1.90. The van der Waals surface area contributed by atoms with Crippen LogP contribution in [0.4, 0.5) is 0 Å². The lowest BCUT2D eigenvalue weighted by molar-refractivity contribution is 0.175. The second kappa shape index (κ2) is 4.96. The first-order valence-corrected chi connectivity index (χ1v) is 6.53. The van der Waals surface area contributed by atoms with Gasteiger partial charge in [-0.2, -0.15) is 0 Å². The first-order valence-electron chi connectivity index (χ1n) is 6.53. The van der Waals surface area contributed by atoms with E-state index in [1.807, 2.05) is 12.1 Å². The number of hydrogen-bond acceptors (Lipinski definition) is 4. The third-order valence-corrected chi connectivity index (χ3v) is 3.57. The van der Waals surface area contributed by atoms with Crippen LogP contribution in [0.3, 0.4) is 0 Å². The third-order valence-electron chi connectivity index (χ3n) is 3.57. The van der Waals surface area contributed by atoms with E-state index in [4.69, 9.17) is 9.47 Å². The molecule has 1 aliphatic rings. The molecule has 20 heavy (non-hydrogen) atoms. The fourth-order valence-corrected chi connectivity index (χ4v) is 2.49. The lowest BCUT2D eigenvalue weighted by Crippen LogP contribution is -2.15. The molecule has 104 valence electrons. The molecule has 0 saturated carbocycles. The Hall–Kier alpha value is -2.36. The summed E-state index contributed by atoms with van der Waals surface area (Å²) in [6, 6.07) is 10.4. The van der Waals surface area contributed by atoms with Crippen LogP contribution in [0.1, 0.15) is 23.7 Å². The molecule has 2 aromatic carbocycles. The van der Waals surface area contributed by atoms with Crippen molar-refractivity contribution in [2.75, 3.05) is 7.11 Å². The van der Waals surface area contributed by atoms with Crippen molar-refractivity contribution in [2.24, 2.45) is 0 Å². The van der Waals surface area contributed by atoms with Crippen molar-refractivity contribution in [3.63, 3.8) is 0 Å². The summed E-state index contributed by atoms with van der Waals surface area (Å²) in [5, 5.41) is 19.2. The van der Waals surface area contributed by atoms with Crippen LogP contribution in [-0.2, 0) is 6.42 Å². The molecule has 1 heterocycles. The van der Waals surface area contributed by atoms with Crippen molar-refractivity contribution in [3.8, 4) is 23.0 Å². The monoisotopic (exact) mass is 272 g/mol. The van der Waals surface area contributed by atoms with Gasteiger partial charge < -0.3 is 19.7 Å². The second-order valence-corrected chi connectivity index (χ2v) is 4.87. The lowest BCUT2D eigenvalue weighted by Gasteiger charge is -2.26. The molecule has 1 atom stereocenters. The largest absolute Gasteiger partial charge is 0.508 e. The van der Waals surface area contributed by atoms with E-state index >= 15 is 0 Å². The minimum atomic E-state index is -0.0983. The average Bonchev–Trinajstić information content (AvgIpc) is 2.47. The molecular formula is C16H16O4. The number of rotatable bonds is 2. The molecular weight excluding hydrogens is 256 g/mol. The van der Waals surface area contributed by atoms with E-state index in [-0.39, 0.29) is 17.6 Å². The molecule has 2 N–H and O–H groups in total. The molecule has 0 bridgehead atoms. The van der Waals surface area contributed by atoms with Gasteiger partial charge in [-0.05, 0) is 42.2 Å². The molecule has 0 aromatic heterocycles. The molecule has 0 aliphatic carbocycles. The van der Waals surface area contributed by atoms with E-state index in [2.05, 4.69) is 0 Å². The molecule has 0 amide bonds. The molecule has 3 rings (SSSR count). The van der Waals surface area contributed by atoms with Crippen LogP contribution in [-0.4, -0.2) is 17.3 Å². The predicted molar refractivity (Wildman–Crippen MR) is 74.5 cm³/mol. The summed E-state index contributed by atoms with van der Waals surface area (Å²) < 4.78 is 11.1. The maximum Gasteiger partial charge on any atom is 0.160 e. The highest BCUT2D eigenvalue weighted by atomic mass is 16.5. The number of ether oxygens (including phenoxy) is 2. The summed E-state index contributed by atoms with van der Waals surface area (Å²) in [5.41, 5.74) is 2.05. The number of aryl methyl sites for hydroxylation is 1. The maximum atomic E-state index is 9.63. The summed E-state index contributed by atoms with van der Waals surface area (Å²) in [7, 11) is 1.52. The van der Waals surface area contributed by atoms with E-state index in [0.29, 0.717) is 11.5 Å². The summed E-state index contributed by atoms with van der Waals surface area (Å²) >= 11 is 0. The minimum absolute atomic E-state index is 0.0983. The van der Waals surface area contributed by atoms with Gasteiger partial charge in [0.05, 0.1) is 7.11 Å². The van der Waals surface area contributed by atoms with Crippen LogP contribution in [0.5, 0.6) is 23.0 Å². The van der Waals surface area contributed by atoms with Crippen molar-refractivity contribution in [1.82, 2.24) is 0 Å². The van der Waals surface area contributed by atoms with Crippen molar-refractivity contribution in [1.29, 1.82) is 0 Å². The SMILES string of the molecule is COc1cc([C@H]2CCc3ccc(O)cc3O2)ccc1O. The van der Waals surface area contributed by atoms with Crippen LogP contribution in [0, 0.1) is 0 Å². The molecule has 4 heteroatoms. The van der Waals surface area contributed by atoms with Gasteiger partial charge in [0, 0.05) is 6.07 Å². The molecule has 0 fully saturated rings. The number of fused-ring (bicyclic) bond motifs is 1. The van der Waals surface area contributed by atoms with Gasteiger partial charge in [-0.25, -0.2) is 0 Å². The van der Waals surface area contributed by atoms with Crippen molar-refractivity contribution < 1.29 is 19.7 Å². The van der Waals surface area contributed by atoms with Gasteiger partial charge in [0.15, 0.2) is 11.5 Å². The lowest BCUT2D eigenvalue weighted by atomic mass is 9.97. The quantitative estimate of drug-likeness (QED) is 0.881. The Morgan fingerprint density at radius 2 is 2.00 bits per heavy atom. The van der Waals surface area contributed by atoms with Crippen LogP contribution in [0.2, 0.25) is 0 Å². The third kappa shape index (κ3) is 2.25. The standard InChI is InChI=1S/C16H16O4/c1-19-16-8-11(3-6-13(16)18)14-7-4-10-2-5-12(17)9-15(10)20-14/h2-3,5-6,8-9,14,17-18H,4,7H2,1H3/t14-/m1/s1. The smallest absolute Gasteiger partial charge is 0.160 e. The topological polar surface area (TPSA) is 58.9 Å². The fourth-order valence-electron chi connectivity index (χ4n) is 2.49. The molecule has 4 nitrogen and oxygen atoms in total.